The fourth-order valence-electron chi connectivity index (χ4n) is 3.60. The molecule has 0 bridgehead atoms. The van der Waals surface area contributed by atoms with Gasteiger partial charge in [-0.2, -0.15) is 0 Å². The molecule has 1 aromatic carbocycles. The highest BCUT2D eigenvalue weighted by Gasteiger charge is 2.28. The van der Waals surface area contributed by atoms with E-state index < -0.39 is 0 Å². The summed E-state index contributed by atoms with van der Waals surface area (Å²) < 4.78 is 0. The van der Waals surface area contributed by atoms with Crippen molar-refractivity contribution in [2.24, 2.45) is 0 Å². The average molecular weight is 380 g/mol. The Kier molecular flexibility index (Phi) is 4.39. The van der Waals surface area contributed by atoms with Gasteiger partial charge < -0.3 is 9.88 Å². The van der Waals surface area contributed by atoms with Gasteiger partial charge in [-0.05, 0) is 44.0 Å². The Labute approximate surface area is 160 Å². The van der Waals surface area contributed by atoms with Crippen LogP contribution in [-0.2, 0) is 4.79 Å². The lowest BCUT2D eigenvalue weighted by Gasteiger charge is -2.14. The Hall–Kier alpha value is -2.80. The van der Waals surface area contributed by atoms with Gasteiger partial charge in [0.15, 0.2) is 0 Å². The summed E-state index contributed by atoms with van der Waals surface area (Å²) in [5, 5.41) is 1.57. The Morgan fingerprint density at radius 2 is 2.19 bits per heavy atom. The van der Waals surface area contributed by atoms with Crippen LogP contribution in [0.15, 0.2) is 35.6 Å². The van der Waals surface area contributed by atoms with Gasteiger partial charge in [0.25, 0.3) is 5.56 Å². The molecule has 1 fully saturated rings. The first-order valence-electron chi connectivity index (χ1n) is 8.86. The van der Waals surface area contributed by atoms with Gasteiger partial charge in [0.05, 0.1) is 26.5 Å². The maximum atomic E-state index is 12.7. The molecule has 1 unspecified atom stereocenters. The second-order valence-corrected chi connectivity index (χ2v) is 8.01. The van der Waals surface area contributed by atoms with Gasteiger partial charge in [0, 0.05) is 19.0 Å². The molecule has 138 valence electrons. The second kappa shape index (κ2) is 6.74. The van der Waals surface area contributed by atoms with Gasteiger partial charge in [0.1, 0.15) is 5.82 Å². The standard InChI is InChI=1S/C20H20N4O2S/c1-4-17(25)24-8-7-14(10-24)19-22-16-6-5-13(9-15(16)20(26)23-19)18-11(2)21-12(3)27-18/h4-6,9,14H,1,7-8,10H2,2-3H3,(H,22,23,26). The van der Waals surface area contributed by atoms with Gasteiger partial charge in [0.2, 0.25) is 5.91 Å². The van der Waals surface area contributed by atoms with Crippen LogP contribution in [-0.4, -0.2) is 38.8 Å². The number of aromatic nitrogens is 3. The maximum absolute atomic E-state index is 12.7. The number of hydrogen-bond donors (Lipinski definition) is 1. The summed E-state index contributed by atoms with van der Waals surface area (Å²) in [6.07, 6.45) is 2.11. The molecule has 0 saturated carbocycles. The maximum Gasteiger partial charge on any atom is 0.258 e. The fourth-order valence-corrected chi connectivity index (χ4v) is 4.52. The number of thiazole rings is 1. The molecule has 2 aromatic heterocycles. The molecule has 3 heterocycles. The summed E-state index contributed by atoms with van der Waals surface area (Å²) in [5.74, 6) is 0.599. The average Bonchev–Trinajstić information content (AvgIpc) is 3.27. The van der Waals surface area contributed by atoms with Crippen molar-refractivity contribution in [3.05, 3.63) is 57.7 Å². The molecular weight excluding hydrogens is 360 g/mol. The van der Waals surface area contributed by atoms with Crippen molar-refractivity contribution in [3.8, 4) is 10.4 Å². The molecule has 0 aliphatic carbocycles. The molecule has 6 nitrogen and oxygen atoms in total. The van der Waals surface area contributed by atoms with Crippen molar-refractivity contribution < 1.29 is 4.79 Å². The van der Waals surface area contributed by atoms with Crippen LogP contribution in [0, 0.1) is 13.8 Å². The smallest absolute Gasteiger partial charge is 0.258 e. The van der Waals surface area contributed by atoms with Gasteiger partial charge in [-0.25, -0.2) is 9.97 Å². The van der Waals surface area contributed by atoms with Crippen LogP contribution in [0.2, 0.25) is 0 Å². The summed E-state index contributed by atoms with van der Waals surface area (Å²) in [6, 6.07) is 5.76. The number of aromatic amines is 1. The number of aryl methyl sites for hydroxylation is 2. The Balaban J connectivity index is 1.70. The SMILES string of the molecule is C=CC(=O)N1CCC(c2nc3ccc(-c4sc(C)nc4C)cc3c(=O)[nH]2)C1. The minimum atomic E-state index is -0.149. The van der Waals surface area contributed by atoms with Crippen molar-refractivity contribution in [2.45, 2.75) is 26.2 Å². The third kappa shape index (κ3) is 3.19. The highest BCUT2D eigenvalue weighted by atomic mass is 32.1. The molecular formula is C20H20N4O2S. The normalized spacial score (nSPS) is 16.8. The number of carbonyl (C=O) groups is 1. The molecule has 1 aliphatic heterocycles. The van der Waals surface area contributed by atoms with Gasteiger partial charge in [-0.1, -0.05) is 12.6 Å². The second-order valence-electron chi connectivity index (χ2n) is 6.80. The number of amides is 1. The molecule has 7 heteroatoms. The lowest BCUT2D eigenvalue weighted by molar-refractivity contribution is -0.125. The Bertz CT molecular complexity index is 1110. The lowest BCUT2D eigenvalue weighted by Crippen LogP contribution is -2.26. The minimum absolute atomic E-state index is 0.0390. The van der Waals surface area contributed by atoms with Crippen LogP contribution in [0.5, 0.6) is 0 Å². The zero-order valence-electron chi connectivity index (χ0n) is 15.3. The predicted octanol–water partition coefficient (Wildman–Crippen LogP) is 3.17. The highest BCUT2D eigenvalue weighted by Crippen LogP contribution is 2.31. The monoisotopic (exact) mass is 380 g/mol. The molecule has 1 aliphatic rings. The van der Waals surface area contributed by atoms with E-state index in [0.717, 1.165) is 27.6 Å². The Morgan fingerprint density at radius 3 is 2.89 bits per heavy atom. The molecule has 1 amide bonds. The zero-order chi connectivity index (χ0) is 19.1. The zero-order valence-corrected chi connectivity index (χ0v) is 16.1. The van der Waals surface area contributed by atoms with E-state index in [1.165, 1.54) is 6.08 Å². The van der Waals surface area contributed by atoms with E-state index in [2.05, 4.69) is 21.5 Å². The quantitative estimate of drug-likeness (QED) is 0.708. The number of hydrogen-bond acceptors (Lipinski definition) is 5. The van der Waals surface area contributed by atoms with E-state index in [9.17, 15) is 9.59 Å². The Morgan fingerprint density at radius 1 is 1.37 bits per heavy atom. The third-order valence-corrected chi connectivity index (χ3v) is 6.07. The minimum Gasteiger partial charge on any atom is -0.338 e. The van der Waals surface area contributed by atoms with E-state index in [0.29, 0.717) is 29.8 Å². The largest absolute Gasteiger partial charge is 0.338 e. The van der Waals surface area contributed by atoms with Gasteiger partial charge in [-0.15, -0.1) is 11.3 Å². The number of rotatable bonds is 3. The molecule has 0 radical (unpaired) electrons. The van der Waals surface area contributed by atoms with E-state index in [1.54, 1.807) is 16.2 Å². The number of nitrogens with one attached hydrogen (secondary N) is 1. The number of H-pyrrole nitrogens is 1. The van der Waals surface area contributed by atoms with Crippen molar-refractivity contribution >= 4 is 28.1 Å². The molecule has 0 spiro atoms. The van der Waals surface area contributed by atoms with Crippen LogP contribution in [0.3, 0.4) is 0 Å². The van der Waals surface area contributed by atoms with Crippen LogP contribution in [0.4, 0.5) is 0 Å². The van der Waals surface area contributed by atoms with Crippen LogP contribution < -0.4 is 5.56 Å². The number of benzene rings is 1. The number of likely N-dealkylation sites (tertiary alicyclic amines) is 1. The fraction of sp³-hybridized carbons (Fsp3) is 0.300. The number of carbonyl (C=O) groups excluding carboxylic acids is 1. The first kappa shape index (κ1) is 17.6. The number of fused-ring (bicyclic) bond motifs is 1. The molecule has 27 heavy (non-hydrogen) atoms. The topological polar surface area (TPSA) is 79.0 Å². The van der Waals surface area contributed by atoms with E-state index in [1.807, 2.05) is 32.0 Å². The lowest BCUT2D eigenvalue weighted by atomic mass is 10.1. The van der Waals surface area contributed by atoms with Crippen molar-refractivity contribution in [1.29, 1.82) is 0 Å². The molecule has 1 N–H and O–H groups in total. The van der Waals surface area contributed by atoms with E-state index in [-0.39, 0.29) is 17.4 Å². The molecule has 1 saturated heterocycles. The van der Waals surface area contributed by atoms with Crippen molar-refractivity contribution in [1.82, 2.24) is 19.9 Å². The molecule has 4 rings (SSSR count). The van der Waals surface area contributed by atoms with Crippen LogP contribution >= 0.6 is 11.3 Å². The van der Waals surface area contributed by atoms with Gasteiger partial charge in [-0.3, -0.25) is 9.59 Å². The number of nitrogens with zero attached hydrogens (tertiary/aromatic N) is 3. The van der Waals surface area contributed by atoms with Crippen molar-refractivity contribution in [2.75, 3.05) is 13.1 Å². The third-order valence-electron chi connectivity index (χ3n) is 4.95. The summed E-state index contributed by atoms with van der Waals surface area (Å²) in [5.41, 5.74) is 2.47. The van der Waals surface area contributed by atoms with Crippen LogP contribution in [0.1, 0.15) is 28.9 Å². The van der Waals surface area contributed by atoms with Crippen LogP contribution in [0.25, 0.3) is 21.3 Å². The predicted molar refractivity (Wildman–Crippen MR) is 107 cm³/mol. The first-order valence-corrected chi connectivity index (χ1v) is 9.67. The molecule has 3 aromatic rings. The molecule has 1 atom stereocenters. The van der Waals surface area contributed by atoms with Gasteiger partial charge >= 0.3 is 0 Å². The van der Waals surface area contributed by atoms with Crippen molar-refractivity contribution in [3.63, 3.8) is 0 Å². The van der Waals surface area contributed by atoms with E-state index in [4.69, 9.17) is 0 Å². The summed E-state index contributed by atoms with van der Waals surface area (Å²) in [4.78, 5) is 39.3. The summed E-state index contributed by atoms with van der Waals surface area (Å²) in [7, 11) is 0. The van der Waals surface area contributed by atoms with E-state index >= 15 is 0 Å². The first-order chi connectivity index (χ1) is 13.0. The highest BCUT2D eigenvalue weighted by molar-refractivity contribution is 7.15. The summed E-state index contributed by atoms with van der Waals surface area (Å²) in [6.45, 7) is 8.69. The summed E-state index contributed by atoms with van der Waals surface area (Å²) >= 11 is 1.62.